The summed E-state index contributed by atoms with van der Waals surface area (Å²) in [7, 11) is 3.26. The molecule has 28 heavy (non-hydrogen) atoms. The molecule has 3 nitrogen and oxygen atoms in total. The summed E-state index contributed by atoms with van der Waals surface area (Å²) in [5.74, 6) is 1.53. The minimum atomic E-state index is 0.195. The van der Waals surface area contributed by atoms with E-state index in [9.17, 15) is 4.79 Å². The third-order valence-electron chi connectivity index (χ3n) is 5.12. The summed E-state index contributed by atoms with van der Waals surface area (Å²) in [6, 6.07) is 18.6. The molecule has 0 aliphatic rings. The van der Waals surface area contributed by atoms with Gasteiger partial charge in [-0.1, -0.05) is 49.7 Å². The fourth-order valence-electron chi connectivity index (χ4n) is 3.53. The molecule has 0 amide bonds. The number of Topliss-reactive ketones (excluding diaryl/α,β-unsaturated/α-hetero) is 1. The first-order valence-electron chi connectivity index (χ1n) is 9.92. The molecule has 0 atom stereocenters. The minimum Gasteiger partial charge on any atom is -0.493 e. The van der Waals surface area contributed by atoms with E-state index in [1.807, 2.05) is 18.2 Å². The second kappa shape index (κ2) is 9.41. The summed E-state index contributed by atoms with van der Waals surface area (Å²) in [5.41, 5.74) is 3.26. The summed E-state index contributed by atoms with van der Waals surface area (Å²) >= 11 is 0. The number of rotatable bonds is 9. The second-order valence-corrected chi connectivity index (χ2v) is 7.08. The Bertz CT molecular complexity index is 945. The van der Waals surface area contributed by atoms with E-state index in [1.54, 1.807) is 14.2 Å². The average molecular weight is 376 g/mol. The van der Waals surface area contributed by atoms with Crippen molar-refractivity contribution >= 4 is 16.6 Å². The molecule has 0 aliphatic carbocycles. The van der Waals surface area contributed by atoms with Crippen LogP contribution in [0.1, 0.15) is 47.7 Å². The van der Waals surface area contributed by atoms with Gasteiger partial charge in [-0.3, -0.25) is 4.79 Å². The highest BCUT2D eigenvalue weighted by Crippen LogP contribution is 2.35. The molecule has 3 aromatic rings. The van der Waals surface area contributed by atoms with Gasteiger partial charge in [0.1, 0.15) is 0 Å². The Morgan fingerprint density at radius 3 is 2.21 bits per heavy atom. The van der Waals surface area contributed by atoms with Gasteiger partial charge >= 0.3 is 0 Å². The smallest absolute Gasteiger partial charge is 0.163 e. The van der Waals surface area contributed by atoms with Gasteiger partial charge in [0.05, 0.1) is 14.2 Å². The molecule has 146 valence electrons. The predicted octanol–water partition coefficient (Wildman–Crippen LogP) is 6.02. The van der Waals surface area contributed by atoms with Crippen LogP contribution < -0.4 is 9.47 Å². The van der Waals surface area contributed by atoms with Crippen molar-refractivity contribution in [2.75, 3.05) is 14.2 Å². The van der Waals surface area contributed by atoms with Crippen molar-refractivity contribution in [1.82, 2.24) is 0 Å². The van der Waals surface area contributed by atoms with Crippen LogP contribution in [0.4, 0.5) is 0 Å². The summed E-state index contributed by atoms with van der Waals surface area (Å²) in [6.45, 7) is 2.11. The number of fused-ring (bicyclic) bond motifs is 1. The lowest BCUT2D eigenvalue weighted by Gasteiger charge is -2.14. The van der Waals surface area contributed by atoms with Crippen molar-refractivity contribution in [3.05, 3.63) is 71.3 Å². The lowest BCUT2D eigenvalue weighted by Crippen LogP contribution is -2.03. The Labute approximate surface area is 167 Å². The molecule has 3 heteroatoms. The van der Waals surface area contributed by atoms with Gasteiger partial charge in [-0.15, -0.1) is 0 Å². The van der Waals surface area contributed by atoms with Crippen LogP contribution in [0.5, 0.6) is 11.5 Å². The fourth-order valence-corrected chi connectivity index (χ4v) is 3.53. The standard InChI is InChI=1S/C25H28O3/c1-4-5-11-23(26)22-15-19(13-12-18-9-7-6-8-10-18)14-20-16-24(27-2)25(28-3)17-21(20)22/h6-10,14-17H,4-5,11-13H2,1-3H3. The van der Waals surface area contributed by atoms with Gasteiger partial charge in [0, 0.05) is 12.0 Å². The van der Waals surface area contributed by atoms with Gasteiger partial charge in [-0.05, 0) is 59.4 Å². The third kappa shape index (κ3) is 4.53. The summed E-state index contributed by atoms with van der Waals surface area (Å²) in [4.78, 5) is 12.9. The van der Waals surface area contributed by atoms with Gasteiger partial charge in [0.2, 0.25) is 0 Å². The molecular formula is C25H28O3. The zero-order valence-electron chi connectivity index (χ0n) is 17.0. The maximum atomic E-state index is 12.9. The quantitative estimate of drug-likeness (QED) is 0.429. The molecule has 3 aromatic carbocycles. The minimum absolute atomic E-state index is 0.195. The first-order valence-corrected chi connectivity index (χ1v) is 9.92. The van der Waals surface area contributed by atoms with Crippen molar-refractivity contribution in [3.8, 4) is 11.5 Å². The van der Waals surface area contributed by atoms with Gasteiger partial charge in [0.15, 0.2) is 17.3 Å². The fraction of sp³-hybridized carbons (Fsp3) is 0.320. The Morgan fingerprint density at radius 1 is 0.857 bits per heavy atom. The largest absolute Gasteiger partial charge is 0.493 e. The van der Waals surface area contributed by atoms with Crippen molar-refractivity contribution in [1.29, 1.82) is 0 Å². The van der Waals surface area contributed by atoms with Crippen LogP contribution in [0.3, 0.4) is 0 Å². The van der Waals surface area contributed by atoms with Gasteiger partial charge in [-0.25, -0.2) is 0 Å². The van der Waals surface area contributed by atoms with Crippen molar-refractivity contribution in [3.63, 3.8) is 0 Å². The van der Waals surface area contributed by atoms with Crippen LogP contribution in [0, 0.1) is 0 Å². The molecular weight excluding hydrogens is 348 g/mol. The molecule has 3 rings (SSSR count). The number of unbranched alkanes of at least 4 members (excludes halogenated alkanes) is 1. The molecule has 0 saturated heterocycles. The summed E-state index contributed by atoms with van der Waals surface area (Å²) < 4.78 is 10.9. The van der Waals surface area contributed by atoms with Gasteiger partial charge in [0.25, 0.3) is 0 Å². The highest BCUT2D eigenvalue weighted by Gasteiger charge is 2.15. The molecule has 0 aliphatic heterocycles. The molecule has 0 fully saturated rings. The molecule has 0 unspecified atom stereocenters. The molecule has 0 radical (unpaired) electrons. The zero-order valence-corrected chi connectivity index (χ0v) is 17.0. The van der Waals surface area contributed by atoms with E-state index >= 15 is 0 Å². The molecule has 0 aromatic heterocycles. The van der Waals surface area contributed by atoms with E-state index in [1.165, 1.54) is 11.1 Å². The molecule has 0 spiro atoms. The average Bonchev–Trinajstić information content (AvgIpc) is 2.75. The molecule has 0 heterocycles. The second-order valence-electron chi connectivity index (χ2n) is 7.08. The number of benzene rings is 3. The number of ketones is 1. The van der Waals surface area contributed by atoms with Gasteiger partial charge in [-0.2, -0.15) is 0 Å². The lowest BCUT2D eigenvalue weighted by atomic mass is 9.93. The number of carbonyl (C=O) groups excluding carboxylic acids is 1. The van der Waals surface area contributed by atoms with Gasteiger partial charge < -0.3 is 9.47 Å². The SMILES string of the molecule is CCCCC(=O)c1cc(CCc2ccccc2)cc2cc(OC)c(OC)cc12. The van der Waals surface area contributed by atoms with Crippen LogP contribution in [-0.2, 0) is 12.8 Å². The van der Waals surface area contributed by atoms with E-state index in [4.69, 9.17) is 9.47 Å². The third-order valence-corrected chi connectivity index (χ3v) is 5.12. The van der Waals surface area contributed by atoms with E-state index in [-0.39, 0.29) is 5.78 Å². The van der Waals surface area contributed by atoms with Crippen molar-refractivity contribution < 1.29 is 14.3 Å². The maximum absolute atomic E-state index is 12.9. The highest BCUT2D eigenvalue weighted by atomic mass is 16.5. The molecule has 0 saturated carbocycles. The van der Waals surface area contributed by atoms with Crippen LogP contribution in [0.2, 0.25) is 0 Å². The maximum Gasteiger partial charge on any atom is 0.163 e. The summed E-state index contributed by atoms with van der Waals surface area (Å²) in [6.07, 6.45) is 4.32. The van der Waals surface area contributed by atoms with Crippen LogP contribution in [-0.4, -0.2) is 20.0 Å². The van der Waals surface area contributed by atoms with Crippen molar-refractivity contribution in [2.24, 2.45) is 0 Å². The first kappa shape index (κ1) is 19.9. The number of hydrogen-bond donors (Lipinski definition) is 0. The monoisotopic (exact) mass is 376 g/mol. The van der Waals surface area contributed by atoms with E-state index in [0.29, 0.717) is 17.9 Å². The van der Waals surface area contributed by atoms with E-state index in [2.05, 4.69) is 43.3 Å². The predicted molar refractivity (Wildman–Crippen MR) is 115 cm³/mol. The number of carbonyl (C=O) groups is 1. The normalized spacial score (nSPS) is 10.8. The van der Waals surface area contributed by atoms with E-state index < -0.39 is 0 Å². The Morgan fingerprint density at radius 2 is 1.54 bits per heavy atom. The molecule has 0 bridgehead atoms. The highest BCUT2D eigenvalue weighted by molar-refractivity contribution is 6.09. The zero-order chi connectivity index (χ0) is 19.9. The number of hydrogen-bond acceptors (Lipinski definition) is 3. The number of aryl methyl sites for hydroxylation is 2. The first-order chi connectivity index (χ1) is 13.7. The van der Waals surface area contributed by atoms with Crippen LogP contribution >= 0.6 is 0 Å². The number of ether oxygens (including phenoxy) is 2. The van der Waals surface area contributed by atoms with Crippen LogP contribution in [0.25, 0.3) is 10.8 Å². The molecule has 0 N–H and O–H groups in total. The van der Waals surface area contributed by atoms with Crippen LogP contribution in [0.15, 0.2) is 54.6 Å². The lowest BCUT2D eigenvalue weighted by molar-refractivity contribution is 0.0981. The van der Waals surface area contributed by atoms with E-state index in [0.717, 1.165) is 42.0 Å². The Balaban J connectivity index is 2.02. The Hall–Kier alpha value is -2.81. The topological polar surface area (TPSA) is 35.5 Å². The number of methoxy groups -OCH3 is 2. The Kier molecular flexibility index (Phi) is 6.70. The van der Waals surface area contributed by atoms with Crippen molar-refractivity contribution in [2.45, 2.75) is 39.0 Å². The summed E-state index contributed by atoms with van der Waals surface area (Å²) in [5, 5.41) is 1.95.